The molecule has 0 aromatic carbocycles. The summed E-state index contributed by atoms with van der Waals surface area (Å²) in [5.41, 5.74) is 1.13. The Balaban J connectivity index is 1.89. The highest BCUT2D eigenvalue weighted by atomic mass is 15.2. The molecule has 1 aromatic heterocycles. The monoisotopic (exact) mass is 248 g/mol. The predicted octanol–water partition coefficient (Wildman–Crippen LogP) is 2.21. The van der Waals surface area contributed by atoms with Gasteiger partial charge in [-0.1, -0.05) is 19.3 Å². The van der Waals surface area contributed by atoms with E-state index in [1.807, 2.05) is 19.4 Å². The van der Waals surface area contributed by atoms with Crippen LogP contribution < -0.4 is 10.2 Å². The molecule has 0 bridgehead atoms. The maximum absolute atomic E-state index is 4.44. The van der Waals surface area contributed by atoms with E-state index in [9.17, 15) is 0 Å². The van der Waals surface area contributed by atoms with Crippen LogP contribution in [0.3, 0.4) is 0 Å². The summed E-state index contributed by atoms with van der Waals surface area (Å²) in [7, 11) is 4.03. The number of rotatable bonds is 5. The smallest absolute Gasteiger partial charge is 0.225 e. The van der Waals surface area contributed by atoms with Crippen LogP contribution in [0.4, 0.5) is 5.95 Å². The zero-order valence-electron chi connectivity index (χ0n) is 11.5. The molecular weight excluding hydrogens is 224 g/mol. The van der Waals surface area contributed by atoms with Crippen LogP contribution in [-0.4, -0.2) is 30.6 Å². The normalized spacial score (nSPS) is 16.8. The number of hydrogen-bond acceptors (Lipinski definition) is 4. The molecule has 4 heteroatoms. The highest BCUT2D eigenvalue weighted by molar-refractivity contribution is 5.28. The lowest BCUT2D eigenvalue weighted by Crippen LogP contribution is -2.28. The SMILES string of the molecule is CNCc1cnc(N(C)CC2CCCCC2)nc1. The first-order valence-corrected chi connectivity index (χ1v) is 6.96. The van der Waals surface area contributed by atoms with Crippen molar-refractivity contribution in [2.75, 3.05) is 25.5 Å². The van der Waals surface area contributed by atoms with E-state index in [0.717, 1.165) is 30.5 Å². The Hall–Kier alpha value is -1.16. The summed E-state index contributed by atoms with van der Waals surface area (Å²) in [6, 6.07) is 0. The lowest BCUT2D eigenvalue weighted by atomic mass is 9.89. The minimum Gasteiger partial charge on any atom is -0.344 e. The Morgan fingerprint density at radius 1 is 1.22 bits per heavy atom. The maximum atomic E-state index is 4.44. The van der Waals surface area contributed by atoms with E-state index in [0.29, 0.717) is 0 Å². The fraction of sp³-hybridized carbons (Fsp3) is 0.714. The molecule has 1 N–H and O–H groups in total. The van der Waals surface area contributed by atoms with Crippen LogP contribution in [0.2, 0.25) is 0 Å². The lowest BCUT2D eigenvalue weighted by molar-refractivity contribution is 0.361. The Bertz CT molecular complexity index is 343. The summed E-state index contributed by atoms with van der Waals surface area (Å²) in [6.45, 7) is 1.91. The van der Waals surface area contributed by atoms with Gasteiger partial charge in [0.05, 0.1) is 0 Å². The van der Waals surface area contributed by atoms with Gasteiger partial charge in [-0.25, -0.2) is 9.97 Å². The summed E-state index contributed by atoms with van der Waals surface area (Å²) < 4.78 is 0. The molecule has 0 unspecified atom stereocenters. The zero-order valence-corrected chi connectivity index (χ0v) is 11.5. The van der Waals surface area contributed by atoms with Crippen molar-refractivity contribution >= 4 is 5.95 Å². The second-order valence-electron chi connectivity index (χ2n) is 5.31. The highest BCUT2D eigenvalue weighted by Crippen LogP contribution is 2.24. The van der Waals surface area contributed by atoms with E-state index in [2.05, 4.69) is 27.2 Å². The molecule has 0 spiro atoms. The lowest BCUT2D eigenvalue weighted by Gasteiger charge is -2.27. The van der Waals surface area contributed by atoms with Gasteiger partial charge in [0.2, 0.25) is 5.95 Å². The number of anilines is 1. The largest absolute Gasteiger partial charge is 0.344 e. The summed E-state index contributed by atoms with van der Waals surface area (Å²) >= 11 is 0. The molecule has 1 aromatic rings. The number of nitrogens with one attached hydrogen (secondary N) is 1. The van der Waals surface area contributed by atoms with Gasteiger partial charge >= 0.3 is 0 Å². The Morgan fingerprint density at radius 3 is 2.50 bits per heavy atom. The Kier molecular flexibility index (Phi) is 4.93. The molecule has 1 fully saturated rings. The Labute approximate surface area is 110 Å². The van der Waals surface area contributed by atoms with E-state index >= 15 is 0 Å². The predicted molar refractivity (Wildman–Crippen MR) is 74.6 cm³/mol. The molecule has 100 valence electrons. The first-order valence-electron chi connectivity index (χ1n) is 6.96. The second-order valence-corrected chi connectivity index (χ2v) is 5.31. The van der Waals surface area contributed by atoms with Gasteiger partial charge in [-0.2, -0.15) is 0 Å². The third-order valence-electron chi connectivity index (χ3n) is 3.67. The van der Waals surface area contributed by atoms with Crippen LogP contribution in [0, 0.1) is 5.92 Å². The second kappa shape index (κ2) is 6.69. The van der Waals surface area contributed by atoms with Gasteiger partial charge in [-0.05, 0) is 25.8 Å². The van der Waals surface area contributed by atoms with Crippen molar-refractivity contribution in [3.05, 3.63) is 18.0 Å². The van der Waals surface area contributed by atoms with Gasteiger partial charge in [-0.15, -0.1) is 0 Å². The van der Waals surface area contributed by atoms with Gasteiger partial charge in [-0.3, -0.25) is 0 Å². The molecule has 0 radical (unpaired) electrons. The molecule has 0 amide bonds. The third kappa shape index (κ3) is 3.67. The minimum atomic E-state index is 0.823. The fourth-order valence-electron chi connectivity index (χ4n) is 2.68. The zero-order chi connectivity index (χ0) is 12.8. The summed E-state index contributed by atoms with van der Waals surface area (Å²) in [6.07, 6.45) is 10.7. The average molecular weight is 248 g/mol. The number of hydrogen-bond donors (Lipinski definition) is 1. The fourth-order valence-corrected chi connectivity index (χ4v) is 2.68. The van der Waals surface area contributed by atoms with Gasteiger partial charge in [0.15, 0.2) is 0 Å². The van der Waals surface area contributed by atoms with Gasteiger partial charge in [0.1, 0.15) is 0 Å². The summed E-state index contributed by atoms with van der Waals surface area (Å²) in [5, 5.41) is 3.10. The van der Waals surface area contributed by atoms with Crippen LogP contribution >= 0.6 is 0 Å². The van der Waals surface area contributed by atoms with Crippen molar-refractivity contribution in [3.63, 3.8) is 0 Å². The topological polar surface area (TPSA) is 41.1 Å². The molecular formula is C14H24N4. The van der Waals surface area contributed by atoms with Crippen LogP contribution in [-0.2, 0) is 6.54 Å². The van der Waals surface area contributed by atoms with Gasteiger partial charge < -0.3 is 10.2 Å². The summed E-state index contributed by atoms with van der Waals surface area (Å²) in [5.74, 6) is 1.67. The van der Waals surface area contributed by atoms with Crippen molar-refractivity contribution in [3.8, 4) is 0 Å². The molecule has 1 heterocycles. The highest BCUT2D eigenvalue weighted by Gasteiger charge is 2.16. The number of nitrogens with zero attached hydrogens (tertiary/aromatic N) is 3. The summed E-state index contributed by atoms with van der Waals surface area (Å²) in [4.78, 5) is 11.1. The van der Waals surface area contributed by atoms with Crippen molar-refractivity contribution < 1.29 is 0 Å². The van der Waals surface area contributed by atoms with Crippen molar-refractivity contribution in [2.45, 2.75) is 38.6 Å². The third-order valence-corrected chi connectivity index (χ3v) is 3.67. The molecule has 4 nitrogen and oxygen atoms in total. The first-order chi connectivity index (χ1) is 8.79. The van der Waals surface area contributed by atoms with Gasteiger partial charge in [0, 0.05) is 38.1 Å². The molecule has 1 aliphatic rings. The van der Waals surface area contributed by atoms with Crippen LogP contribution in [0.1, 0.15) is 37.7 Å². The standard InChI is InChI=1S/C14H24N4/c1-15-8-13-9-16-14(17-10-13)18(2)11-12-6-4-3-5-7-12/h9-10,12,15H,3-8,11H2,1-2H3. The molecule has 1 saturated carbocycles. The van der Waals surface area contributed by atoms with Crippen LogP contribution in [0.15, 0.2) is 12.4 Å². The van der Waals surface area contributed by atoms with Crippen LogP contribution in [0.25, 0.3) is 0 Å². The van der Waals surface area contributed by atoms with E-state index in [4.69, 9.17) is 0 Å². The van der Waals surface area contributed by atoms with E-state index in [1.165, 1.54) is 32.1 Å². The van der Waals surface area contributed by atoms with E-state index < -0.39 is 0 Å². The molecule has 1 aliphatic carbocycles. The number of aromatic nitrogens is 2. The molecule has 0 saturated heterocycles. The van der Waals surface area contributed by atoms with Crippen molar-refractivity contribution in [1.29, 1.82) is 0 Å². The molecule has 0 aliphatic heterocycles. The Morgan fingerprint density at radius 2 is 1.89 bits per heavy atom. The molecule has 18 heavy (non-hydrogen) atoms. The van der Waals surface area contributed by atoms with Crippen LogP contribution in [0.5, 0.6) is 0 Å². The molecule has 0 atom stereocenters. The van der Waals surface area contributed by atoms with Crippen molar-refractivity contribution in [1.82, 2.24) is 15.3 Å². The van der Waals surface area contributed by atoms with Gasteiger partial charge in [0.25, 0.3) is 0 Å². The first kappa shape index (κ1) is 13.3. The van der Waals surface area contributed by atoms with E-state index in [-0.39, 0.29) is 0 Å². The quantitative estimate of drug-likeness (QED) is 0.867. The average Bonchev–Trinajstić information content (AvgIpc) is 2.41. The maximum Gasteiger partial charge on any atom is 0.225 e. The minimum absolute atomic E-state index is 0.823. The molecule has 2 rings (SSSR count). The van der Waals surface area contributed by atoms with Crippen molar-refractivity contribution in [2.24, 2.45) is 5.92 Å². The van der Waals surface area contributed by atoms with E-state index in [1.54, 1.807) is 0 Å².